The van der Waals surface area contributed by atoms with E-state index in [1.165, 1.54) is 7.11 Å². The van der Waals surface area contributed by atoms with E-state index < -0.39 is 11.9 Å². The van der Waals surface area contributed by atoms with E-state index in [9.17, 15) is 9.59 Å². The Kier molecular flexibility index (Phi) is 4.72. The zero-order valence-electron chi connectivity index (χ0n) is 10.7. The summed E-state index contributed by atoms with van der Waals surface area (Å²) in [5, 5.41) is 0. The molecule has 2 aliphatic rings. The van der Waals surface area contributed by atoms with Crippen LogP contribution < -0.4 is 0 Å². The summed E-state index contributed by atoms with van der Waals surface area (Å²) in [5.74, 6) is -0.874. The number of rotatable bonds is 4. The van der Waals surface area contributed by atoms with Gasteiger partial charge in [0.2, 0.25) is 0 Å². The Morgan fingerprint density at radius 3 is 2.72 bits per heavy atom. The summed E-state index contributed by atoms with van der Waals surface area (Å²) in [6, 6.07) is 0. The lowest BCUT2D eigenvalue weighted by molar-refractivity contribution is -0.153. The van der Waals surface area contributed by atoms with Crippen molar-refractivity contribution in [3.8, 4) is 0 Å². The van der Waals surface area contributed by atoms with Crippen molar-refractivity contribution in [2.75, 3.05) is 20.3 Å². The normalized spacial score (nSPS) is 29.5. The SMILES string of the molecule is COC(=O)C1C(=O)CCCC1CCC1OCCO1. The molecule has 0 bridgehead atoms. The average molecular weight is 256 g/mol. The lowest BCUT2D eigenvalue weighted by atomic mass is 9.76. The van der Waals surface area contributed by atoms with E-state index in [-0.39, 0.29) is 18.0 Å². The molecule has 0 aromatic carbocycles. The van der Waals surface area contributed by atoms with E-state index in [2.05, 4.69) is 0 Å². The van der Waals surface area contributed by atoms with Gasteiger partial charge < -0.3 is 14.2 Å². The van der Waals surface area contributed by atoms with E-state index >= 15 is 0 Å². The Morgan fingerprint density at radius 1 is 1.33 bits per heavy atom. The smallest absolute Gasteiger partial charge is 0.316 e. The van der Waals surface area contributed by atoms with E-state index in [0.717, 1.165) is 25.7 Å². The van der Waals surface area contributed by atoms with Gasteiger partial charge in [0.15, 0.2) is 6.29 Å². The minimum absolute atomic E-state index is 0.0198. The van der Waals surface area contributed by atoms with Gasteiger partial charge in [-0.3, -0.25) is 9.59 Å². The highest BCUT2D eigenvalue weighted by Gasteiger charge is 2.38. The Hall–Kier alpha value is -0.940. The molecule has 1 saturated heterocycles. The molecule has 2 rings (SSSR count). The van der Waals surface area contributed by atoms with E-state index in [4.69, 9.17) is 14.2 Å². The van der Waals surface area contributed by atoms with Crippen molar-refractivity contribution in [1.82, 2.24) is 0 Å². The molecule has 5 heteroatoms. The van der Waals surface area contributed by atoms with Crippen LogP contribution in [-0.2, 0) is 23.8 Å². The Balaban J connectivity index is 1.90. The minimum atomic E-state index is -0.579. The first-order valence-electron chi connectivity index (χ1n) is 6.56. The standard InChI is InChI=1S/C13H20O5/c1-16-13(15)12-9(3-2-4-10(12)14)5-6-11-17-7-8-18-11/h9,11-12H,2-8H2,1H3. The number of esters is 1. The van der Waals surface area contributed by atoms with Crippen LogP contribution in [0.5, 0.6) is 0 Å². The van der Waals surface area contributed by atoms with Gasteiger partial charge >= 0.3 is 5.97 Å². The van der Waals surface area contributed by atoms with Gasteiger partial charge in [-0.2, -0.15) is 0 Å². The fraction of sp³-hybridized carbons (Fsp3) is 0.846. The quantitative estimate of drug-likeness (QED) is 0.560. The van der Waals surface area contributed by atoms with Crippen molar-refractivity contribution in [3.05, 3.63) is 0 Å². The summed E-state index contributed by atoms with van der Waals surface area (Å²) < 4.78 is 15.5. The molecule has 1 heterocycles. The van der Waals surface area contributed by atoms with Crippen LogP contribution in [0, 0.1) is 11.8 Å². The highest BCUT2D eigenvalue weighted by Crippen LogP contribution is 2.32. The van der Waals surface area contributed by atoms with Gasteiger partial charge in [-0.15, -0.1) is 0 Å². The second-order valence-electron chi connectivity index (χ2n) is 4.87. The van der Waals surface area contributed by atoms with Crippen LogP contribution in [0.4, 0.5) is 0 Å². The number of carbonyl (C=O) groups is 2. The van der Waals surface area contributed by atoms with Crippen LogP contribution in [0.25, 0.3) is 0 Å². The lowest BCUT2D eigenvalue weighted by Crippen LogP contribution is -2.36. The zero-order valence-corrected chi connectivity index (χ0v) is 10.7. The van der Waals surface area contributed by atoms with Crippen LogP contribution in [0.3, 0.4) is 0 Å². The number of methoxy groups -OCH3 is 1. The molecule has 0 amide bonds. The number of Topliss-reactive ketones (excluding diaryl/α,β-unsaturated/α-hetero) is 1. The van der Waals surface area contributed by atoms with Gasteiger partial charge in [-0.05, 0) is 31.6 Å². The van der Waals surface area contributed by atoms with Crippen molar-refractivity contribution < 1.29 is 23.8 Å². The molecule has 2 atom stereocenters. The highest BCUT2D eigenvalue weighted by molar-refractivity contribution is 5.99. The van der Waals surface area contributed by atoms with Gasteiger partial charge in [0.25, 0.3) is 0 Å². The van der Waals surface area contributed by atoms with Gasteiger partial charge in [-0.1, -0.05) is 0 Å². The zero-order chi connectivity index (χ0) is 13.0. The molecular formula is C13H20O5. The fourth-order valence-electron chi connectivity index (χ4n) is 2.81. The second-order valence-corrected chi connectivity index (χ2v) is 4.87. The number of carbonyl (C=O) groups excluding carboxylic acids is 2. The van der Waals surface area contributed by atoms with Crippen LogP contribution in [0.1, 0.15) is 32.1 Å². The molecule has 0 N–H and O–H groups in total. The minimum Gasteiger partial charge on any atom is -0.468 e. The fourth-order valence-corrected chi connectivity index (χ4v) is 2.81. The third kappa shape index (κ3) is 3.09. The molecule has 5 nitrogen and oxygen atoms in total. The van der Waals surface area contributed by atoms with Crippen molar-refractivity contribution in [1.29, 1.82) is 0 Å². The van der Waals surface area contributed by atoms with Gasteiger partial charge in [0.1, 0.15) is 11.7 Å². The molecule has 0 spiro atoms. The number of ketones is 1. The van der Waals surface area contributed by atoms with Crippen molar-refractivity contribution in [3.63, 3.8) is 0 Å². The summed E-state index contributed by atoms with van der Waals surface area (Å²) in [5.41, 5.74) is 0. The van der Waals surface area contributed by atoms with Gasteiger partial charge in [0.05, 0.1) is 20.3 Å². The first-order valence-corrected chi connectivity index (χ1v) is 6.56. The Labute approximate surface area is 107 Å². The van der Waals surface area contributed by atoms with Crippen molar-refractivity contribution in [2.45, 2.75) is 38.4 Å². The van der Waals surface area contributed by atoms with Crippen molar-refractivity contribution in [2.24, 2.45) is 11.8 Å². The summed E-state index contributed by atoms with van der Waals surface area (Å²) in [7, 11) is 1.34. The van der Waals surface area contributed by atoms with E-state index in [0.29, 0.717) is 19.6 Å². The highest BCUT2D eigenvalue weighted by atomic mass is 16.7. The first kappa shape index (κ1) is 13.5. The summed E-state index contributed by atoms with van der Waals surface area (Å²) in [6.07, 6.45) is 3.61. The number of hydrogen-bond donors (Lipinski definition) is 0. The molecule has 102 valence electrons. The van der Waals surface area contributed by atoms with Crippen LogP contribution in [0.15, 0.2) is 0 Å². The van der Waals surface area contributed by atoms with E-state index in [1.807, 2.05) is 0 Å². The lowest BCUT2D eigenvalue weighted by Gasteiger charge is -2.28. The number of hydrogen-bond acceptors (Lipinski definition) is 5. The predicted octanol–water partition coefficient (Wildman–Crippen LogP) is 1.30. The third-order valence-corrected chi connectivity index (χ3v) is 3.74. The molecule has 0 radical (unpaired) electrons. The molecular weight excluding hydrogens is 236 g/mol. The third-order valence-electron chi connectivity index (χ3n) is 3.74. The van der Waals surface area contributed by atoms with Crippen LogP contribution in [-0.4, -0.2) is 38.4 Å². The summed E-state index contributed by atoms with van der Waals surface area (Å²) >= 11 is 0. The van der Waals surface area contributed by atoms with Crippen molar-refractivity contribution >= 4 is 11.8 Å². The molecule has 0 aromatic heterocycles. The largest absolute Gasteiger partial charge is 0.468 e. The predicted molar refractivity (Wildman–Crippen MR) is 62.8 cm³/mol. The molecule has 18 heavy (non-hydrogen) atoms. The maximum Gasteiger partial charge on any atom is 0.316 e. The van der Waals surface area contributed by atoms with Crippen LogP contribution in [0.2, 0.25) is 0 Å². The van der Waals surface area contributed by atoms with Gasteiger partial charge in [-0.25, -0.2) is 0 Å². The summed E-state index contributed by atoms with van der Waals surface area (Å²) in [6.45, 7) is 1.27. The first-order chi connectivity index (χ1) is 8.72. The number of ether oxygens (including phenoxy) is 3. The molecule has 1 saturated carbocycles. The Morgan fingerprint density at radius 2 is 2.06 bits per heavy atom. The molecule has 0 aromatic rings. The average Bonchev–Trinajstić information content (AvgIpc) is 2.88. The summed E-state index contributed by atoms with van der Waals surface area (Å²) in [4.78, 5) is 23.5. The van der Waals surface area contributed by atoms with Gasteiger partial charge in [0, 0.05) is 6.42 Å². The molecule has 1 aliphatic carbocycles. The monoisotopic (exact) mass is 256 g/mol. The maximum atomic E-state index is 11.8. The topological polar surface area (TPSA) is 61.8 Å². The molecule has 2 unspecified atom stereocenters. The Bertz CT molecular complexity index is 301. The second kappa shape index (κ2) is 6.29. The van der Waals surface area contributed by atoms with E-state index in [1.54, 1.807) is 0 Å². The molecule has 2 fully saturated rings. The maximum absolute atomic E-state index is 11.8. The van der Waals surface area contributed by atoms with Crippen LogP contribution >= 0.6 is 0 Å². The molecule has 1 aliphatic heterocycles.